The Hall–Kier alpha value is -3.65. The minimum absolute atomic E-state index is 0.190. The highest BCUT2D eigenvalue weighted by atomic mass is 35.5. The molecule has 6 rings (SSSR count). The molecule has 0 bridgehead atoms. The van der Waals surface area contributed by atoms with Gasteiger partial charge in [-0.25, -0.2) is 9.78 Å². The fourth-order valence-electron chi connectivity index (χ4n) is 5.80. The van der Waals surface area contributed by atoms with E-state index in [2.05, 4.69) is 70.8 Å². The van der Waals surface area contributed by atoms with Crippen molar-refractivity contribution in [2.45, 2.75) is 45.4 Å². The van der Waals surface area contributed by atoms with E-state index in [0.29, 0.717) is 5.56 Å². The van der Waals surface area contributed by atoms with Gasteiger partial charge in [-0.15, -0.1) is 0 Å². The fourth-order valence-corrected chi connectivity index (χ4v) is 6.16. The largest absolute Gasteiger partial charge is 0.465 e. The molecule has 0 spiro atoms. The number of halogens is 1. The number of aryl methyl sites for hydroxylation is 1. The van der Waals surface area contributed by atoms with E-state index in [1.807, 2.05) is 18.2 Å². The second-order valence-corrected chi connectivity index (χ2v) is 11.7. The standard InChI is InChI=1S/C34H37ClN4O3/c1-23-7-10-31(29(35)17-23)37(2)27-6-4-5-25(19-27)18-24-11-14-38(15-12-24)22-33-36-30-9-8-26(34(40)41-3)20-32(30)39(33)21-28-13-16-42-28/h4-10,17-20,28H,11-16,21-22H2,1-3H3. The predicted molar refractivity (Wildman–Crippen MR) is 169 cm³/mol. The molecule has 3 aromatic carbocycles. The van der Waals surface area contributed by atoms with Crippen molar-refractivity contribution in [1.29, 1.82) is 0 Å². The Kier molecular flexibility index (Phi) is 8.34. The summed E-state index contributed by atoms with van der Waals surface area (Å²) in [6.45, 7) is 6.31. The second kappa shape index (κ2) is 12.3. The monoisotopic (exact) mass is 584 g/mol. The Morgan fingerprint density at radius 2 is 1.95 bits per heavy atom. The van der Waals surface area contributed by atoms with Gasteiger partial charge in [-0.05, 0) is 79.8 Å². The number of anilines is 2. The molecule has 2 fully saturated rings. The first-order valence-corrected chi connectivity index (χ1v) is 15.0. The number of methoxy groups -OCH3 is 1. The number of carbonyl (C=O) groups is 1. The Bertz CT molecular complexity index is 1630. The Balaban J connectivity index is 1.15. The number of fused-ring (bicyclic) bond motifs is 1. The highest BCUT2D eigenvalue weighted by molar-refractivity contribution is 6.33. The van der Waals surface area contributed by atoms with Crippen LogP contribution in [-0.4, -0.2) is 60.4 Å². The van der Waals surface area contributed by atoms with Gasteiger partial charge < -0.3 is 18.9 Å². The van der Waals surface area contributed by atoms with Crippen LogP contribution in [0.4, 0.5) is 11.4 Å². The number of benzene rings is 3. The molecule has 2 saturated heterocycles. The average molecular weight is 585 g/mol. The number of hydrogen-bond acceptors (Lipinski definition) is 6. The first kappa shape index (κ1) is 28.5. The molecule has 2 aliphatic rings. The van der Waals surface area contributed by atoms with Gasteiger partial charge >= 0.3 is 5.97 Å². The SMILES string of the molecule is COC(=O)c1ccc2nc(CN3CCC(=Cc4cccc(N(C)c5ccc(C)cc5Cl)c4)CC3)n(CC3CCO3)c2c1. The molecule has 7 nitrogen and oxygen atoms in total. The Morgan fingerprint density at radius 3 is 2.67 bits per heavy atom. The van der Waals surface area contributed by atoms with Gasteiger partial charge in [-0.2, -0.15) is 0 Å². The van der Waals surface area contributed by atoms with Gasteiger partial charge in [0.25, 0.3) is 0 Å². The summed E-state index contributed by atoms with van der Waals surface area (Å²) in [4.78, 5) is 21.8. The van der Waals surface area contributed by atoms with Gasteiger partial charge in [0.15, 0.2) is 0 Å². The number of likely N-dealkylation sites (tertiary alicyclic amines) is 1. The molecule has 0 aliphatic carbocycles. The summed E-state index contributed by atoms with van der Waals surface area (Å²) in [7, 11) is 3.47. The van der Waals surface area contributed by atoms with Gasteiger partial charge in [0, 0.05) is 32.4 Å². The van der Waals surface area contributed by atoms with Gasteiger partial charge in [-0.1, -0.05) is 41.4 Å². The minimum atomic E-state index is -0.336. The van der Waals surface area contributed by atoms with Gasteiger partial charge in [-0.3, -0.25) is 4.90 Å². The maximum Gasteiger partial charge on any atom is 0.337 e. The number of rotatable bonds is 8. The lowest BCUT2D eigenvalue weighted by atomic mass is 10.0. The van der Waals surface area contributed by atoms with E-state index in [1.165, 1.54) is 18.2 Å². The number of carbonyl (C=O) groups excluding carboxylic acids is 1. The molecule has 2 aliphatic heterocycles. The van der Waals surface area contributed by atoms with E-state index in [4.69, 9.17) is 26.1 Å². The van der Waals surface area contributed by atoms with Crippen molar-refractivity contribution >= 4 is 46.1 Å². The van der Waals surface area contributed by atoms with Crippen LogP contribution >= 0.6 is 11.6 Å². The number of ether oxygens (including phenoxy) is 2. The minimum Gasteiger partial charge on any atom is -0.465 e. The van der Waals surface area contributed by atoms with E-state index in [1.54, 1.807) is 6.07 Å². The molecule has 42 heavy (non-hydrogen) atoms. The molecular formula is C34H37ClN4O3. The number of nitrogens with zero attached hydrogens (tertiary/aromatic N) is 4. The summed E-state index contributed by atoms with van der Waals surface area (Å²) < 4.78 is 12.9. The Labute approximate surface area is 252 Å². The third-order valence-electron chi connectivity index (χ3n) is 8.38. The first-order valence-electron chi connectivity index (χ1n) is 14.6. The summed E-state index contributed by atoms with van der Waals surface area (Å²) >= 11 is 6.55. The number of imidazole rings is 1. The molecule has 0 saturated carbocycles. The third-order valence-corrected chi connectivity index (χ3v) is 8.69. The molecule has 1 aromatic heterocycles. The average Bonchev–Trinajstić information content (AvgIpc) is 3.31. The summed E-state index contributed by atoms with van der Waals surface area (Å²) in [6, 6.07) is 20.4. The maximum atomic E-state index is 12.2. The zero-order chi connectivity index (χ0) is 29.2. The van der Waals surface area contributed by atoms with Crippen LogP contribution in [0.2, 0.25) is 5.02 Å². The zero-order valence-corrected chi connectivity index (χ0v) is 25.2. The smallest absolute Gasteiger partial charge is 0.337 e. The number of piperidine rings is 1. The summed E-state index contributed by atoms with van der Waals surface area (Å²) in [6.07, 6.45) is 5.60. The molecule has 0 N–H and O–H groups in total. The van der Waals surface area contributed by atoms with E-state index in [-0.39, 0.29) is 12.1 Å². The van der Waals surface area contributed by atoms with Crippen molar-refractivity contribution in [2.75, 3.05) is 38.8 Å². The summed E-state index contributed by atoms with van der Waals surface area (Å²) in [5.74, 6) is 0.679. The normalized spacial score (nSPS) is 17.2. The lowest BCUT2D eigenvalue weighted by molar-refractivity contribution is -0.0592. The van der Waals surface area contributed by atoms with Crippen LogP contribution < -0.4 is 4.90 Å². The number of hydrogen-bond donors (Lipinski definition) is 0. The maximum absolute atomic E-state index is 12.2. The molecule has 3 heterocycles. The molecule has 4 aromatic rings. The summed E-state index contributed by atoms with van der Waals surface area (Å²) in [5, 5.41) is 0.756. The Morgan fingerprint density at radius 1 is 1.14 bits per heavy atom. The van der Waals surface area contributed by atoms with Crippen LogP contribution in [0.25, 0.3) is 17.1 Å². The zero-order valence-electron chi connectivity index (χ0n) is 24.5. The van der Waals surface area contributed by atoms with E-state index < -0.39 is 0 Å². The molecule has 0 radical (unpaired) electrons. The van der Waals surface area contributed by atoms with E-state index in [9.17, 15) is 4.79 Å². The van der Waals surface area contributed by atoms with Gasteiger partial charge in [0.2, 0.25) is 0 Å². The van der Waals surface area contributed by atoms with Gasteiger partial charge in [0.1, 0.15) is 5.82 Å². The highest BCUT2D eigenvalue weighted by Gasteiger charge is 2.24. The van der Waals surface area contributed by atoms with E-state index in [0.717, 1.165) is 90.9 Å². The van der Waals surface area contributed by atoms with Gasteiger partial charge in [0.05, 0.1) is 53.6 Å². The van der Waals surface area contributed by atoms with Crippen molar-refractivity contribution in [3.8, 4) is 0 Å². The third kappa shape index (κ3) is 6.09. The van der Waals surface area contributed by atoms with Crippen molar-refractivity contribution in [1.82, 2.24) is 14.5 Å². The lowest BCUT2D eigenvalue weighted by Gasteiger charge is -2.30. The van der Waals surface area contributed by atoms with Crippen LogP contribution in [0, 0.1) is 6.92 Å². The number of esters is 1. The highest BCUT2D eigenvalue weighted by Crippen LogP contribution is 2.32. The quantitative estimate of drug-likeness (QED) is 0.207. The molecule has 1 atom stereocenters. The van der Waals surface area contributed by atoms with Crippen molar-refractivity contribution < 1.29 is 14.3 Å². The second-order valence-electron chi connectivity index (χ2n) is 11.3. The number of aromatic nitrogens is 2. The molecule has 1 unspecified atom stereocenters. The predicted octanol–water partition coefficient (Wildman–Crippen LogP) is 7.02. The summed E-state index contributed by atoms with van der Waals surface area (Å²) in [5.41, 5.74) is 8.31. The van der Waals surface area contributed by atoms with Crippen molar-refractivity contribution in [3.63, 3.8) is 0 Å². The van der Waals surface area contributed by atoms with Crippen LogP contribution in [-0.2, 0) is 22.6 Å². The molecular weight excluding hydrogens is 548 g/mol. The van der Waals surface area contributed by atoms with E-state index >= 15 is 0 Å². The van der Waals surface area contributed by atoms with Crippen LogP contribution in [0.5, 0.6) is 0 Å². The first-order chi connectivity index (χ1) is 20.4. The topological polar surface area (TPSA) is 59.8 Å². The van der Waals surface area contributed by atoms with Crippen LogP contribution in [0.15, 0.2) is 66.2 Å². The van der Waals surface area contributed by atoms with Crippen molar-refractivity contribution in [2.24, 2.45) is 0 Å². The fraction of sp³-hybridized carbons (Fsp3) is 0.353. The molecule has 218 valence electrons. The lowest BCUT2D eigenvalue weighted by Crippen LogP contribution is -2.34. The van der Waals surface area contributed by atoms with Crippen LogP contribution in [0.3, 0.4) is 0 Å². The van der Waals surface area contributed by atoms with Crippen molar-refractivity contribution in [3.05, 3.63) is 93.8 Å². The molecule has 8 heteroatoms. The van der Waals surface area contributed by atoms with Crippen LogP contribution in [0.1, 0.15) is 46.6 Å². The molecule has 0 amide bonds.